The van der Waals surface area contributed by atoms with Crippen molar-refractivity contribution in [3.63, 3.8) is 0 Å². The third-order valence-corrected chi connectivity index (χ3v) is 1.54. The van der Waals surface area contributed by atoms with Crippen molar-refractivity contribution in [3.8, 4) is 0 Å². The van der Waals surface area contributed by atoms with Gasteiger partial charge in [0.15, 0.2) is 0 Å². The number of aryl methyl sites for hydroxylation is 1. The molecule has 0 aliphatic heterocycles. The van der Waals surface area contributed by atoms with E-state index in [9.17, 15) is 4.79 Å². The van der Waals surface area contributed by atoms with Gasteiger partial charge in [-0.1, -0.05) is 0 Å². The zero-order valence-electron chi connectivity index (χ0n) is 7.03. The van der Waals surface area contributed by atoms with Crippen LogP contribution in [0.25, 0.3) is 0 Å². The first-order valence-electron chi connectivity index (χ1n) is 3.45. The van der Waals surface area contributed by atoms with Crippen molar-refractivity contribution in [3.05, 3.63) is 17.5 Å². The van der Waals surface area contributed by atoms with Crippen LogP contribution in [-0.2, 0) is 7.05 Å². The average molecular weight is 157 g/mol. The molecule has 3 radical (unpaired) electrons. The molecule has 12 heavy (non-hydrogen) atoms. The Morgan fingerprint density at radius 2 is 2.25 bits per heavy atom. The van der Waals surface area contributed by atoms with Gasteiger partial charge in [-0.3, -0.25) is 0 Å². The van der Waals surface area contributed by atoms with Crippen LogP contribution in [0, 0.1) is 0 Å². The maximum absolute atomic E-state index is 11.0. The first-order valence-corrected chi connectivity index (χ1v) is 3.45. The maximum atomic E-state index is 11.0. The number of hydrogen-bond donors (Lipinski definition) is 0. The molecular formula is C7H7B2N2O. The third-order valence-electron chi connectivity index (χ3n) is 1.54. The van der Waals surface area contributed by atoms with E-state index in [-0.39, 0.29) is 11.1 Å². The summed E-state index contributed by atoms with van der Waals surface area (Å²) in [6, 6.07) is 1.57. The van der Waals surface area contributed by atoms with Gasteiger partial charge in [-0.2, -0.15) is 0 Å². The zero-order valence-corrected chi connectivity index (χ0v) is 7.03. The molecule has 0 saturated heterocycles. The molecule has 0 bridgehead atoms. The van der Waals surface area contributed by atoms with Gasteiger partial charge >= 0.3 is 72.5 Å². The van der Waals surface area contributed by atoms with E-state index >= 15 is 0 Å². The Kier molecular flexibility index (Phi) is 2.31. The van der Waals surface area contributed by atoms with Crippen LogP contribution < -0.4 is 0 Å². The van der Waals surface area contributed by atoms with Crippen LogP contribution in [0.4, 0.5) is 0 Å². The first kappa shape index (κ1) is 8.97. The normalized spacial score (nSPS) is 9.75. The predicted molar refractivity (Wildman–Crippen MR) is 48.8 cm³/mol. The number of nitrogens with zero attached hydrogens (tertiary/aromatic N) is 2. The van der Waals surface area contributed by atoms with Crippen molar-refractivity contribution in [1.29, 1.82) is 0 Å². The minimum absolute atomic E-state index is 0.0579. The molecule has 0 N–H and O–H groups in total. The van der Waals surface area contributed by atoms with E-state index < -0.39 is 0 Å². The fourth-order valence-corrected chi connectivity index (χ4v) is 0.938. The summed E-state index contributed by atoms with van der Waals surface area (Å²) in [4.78, 5) is 11.0. The van der Waals surface area contributed by atoms with Crippen LogP contribution in [0.2, 0.25) is 0 Å². The van der Waals surface area contributed by atoms with E-state index in [1.54, 1.807) is 13.1 Å². The zero-order chi connectivity index (χ0) is 9.30. The van der Waals surface area contributed by atoms with Gasteiger partial charge in [-0.05, 0) is 0 Å². The summed E-state index contributed by atoms with van der Waals surface area (Å²) in [5.41, 5.74) is 0.945. The quantitative estimate of drug-likeness (QED) is 0.425. The molecule has 0 aromatic carbocycles. The molecule has 5 heteroatoms. The van der Waals surface area contributed by atoms with Crippen molar-refractivity contribution in [2.45, 2.75) is 6.92 Å². The van der Waals surface area contributed by atoms with E-state index in [2.05, 4.69) is 5.10 Å². The Morgan fingerprint density at radius 3 is 2.50 bits per heavy atom. The van der Waals surface area contributed by atoms with Gasteiger partial charge in [0.1, 0.15) is 0 Å². The second kappa shape index (κ2) is 3.09. The molecule has 0 amide bonds. The van der Waals surface area contributed by atoms with Crippen molar-refractivity contribution >= 4 is 26.5 Å². The molecule has 1 aromatic heterocycles. The Morgan fingerprint density at radius 1 is 1.67 bits per heavy atom. The van der Waals surface area contributed by atoms with Crippen molar-refractivity contribution in [2.75, 3.05) is 0 Å². The number of rotatable bonds is 2. The van der Waals surface area contributed by atoms with Gasteiger partial charge in [-0.25, -0.2) is 0 Å². The van der Waals surface area contributed by atoms with Crippen LogP contribution in [0.15, 0.2) is 6.07 Å². The second-order valence-corrected chi connectivity index (χ2v) is 2.55. The molecule has 0 aliphatic carbocycles. The van der Waals surface area contributed by atoms with E-state index in [0.29, 0.717) is 11.4 Å². The number of Topliss-reactive ketones (excluding diaryl/α,β-unsaturated/α-hetero) is 1. The van der Waals surface area contributed by atoms with Crippen LogP contribution >= 0.6 is 0 Å². The van der Waals surface area contributed by atoms with Crippen molar-refractivity contribution < 1.29 is 4.79 Å². The number of carbonyl (C=O) groups is 1. The summed E-state index contributed by atoms with van der Waals surface area (Å²) in [5, 5.41) is 4.06. The minimum atomic E-state index is -0.0579. The van der Waals surface area contributed by atoms with Crippen LogP contribution in [0.1, 0.15) is 23.1 Å². The van der Waals surface area contributed by atoms with Crippen LogP contribution in [0.5, 0.6) is 0 Å². The standard InChI is InChI=1S/C7H7B2N2O/c1-4(12)6-3-5(7(8)9)10-11(6)2/h3H,1-2H3. The molecule has 1 aromatic rings. The number of hydrogen-bond acceptors (Lipinski definition) is 2. The number of ketones is 1. The third kappa shape index (κ3) is 1.55. The Balaban J connectivity index is 3.17. The molecule has 0 spiro atoms. The van der Waals surface area contributed by atoms with Gasteiger partial charge in [-0.15, -0.1) is 0 Å². The number of carbonyl (C=O) groups excluding carboxylic acids is 1. The Labute approximate surface area is 73.3 Å². The molecule has 0 aliphatic rings. The molecular weight excluding hydrogens is 150 g/mol. The Bertz CT molecular complexity index is 343. The topological polar surface area (TPSA) is 34.9 Å². The van der Waals surface area contributed by atoms with Gasteiger partial charge in [0, 0.05) is 0 Å². The fraction of sp³-hybridized carbons (Fsp3) is 0.286. The summed E-state index contributed by atoms with van der Waals surface area (Å²) < 4.78 is 1.46. The Hall–Kier alpha value is -1.12. The second-order valence-electron chi connectivity index (χ2n) is 2.55. The summed E-state index contributed by atoms with van der Waals surface area (Å²) >= 11 is 0. The molecule has 0 fully saturated rings. The van der Waals surface area contributed by atoms with Gasteiger partial charge in [0.2, 0.25) is 0 Å². The summed E-state index contributed by atoms with van der Waals surface area (Å²) in [6.45, 7) is 1.47. The van der Waals surface area contributed by atoms with Gasteiger partial charge in [0.25, 0.3) is 0 Å². The van der Waals surface area contributed by atoms with E-state index in [1.807, 2.05) is 0 Å². The summed E-state index contributed by atoms with van der Waals surface area (Å²) in [5.74, 6) is -0.0579. The average Bonchev–Trinajstić information content (AvgIpc) is 2.30. The van der Waals surface area contributed by atoms with E-state index in [1.165, 1.54) is 11.6 Å². The number of aromatic nitrogens is 2. The van der Waals surface area contributed by atoms with Gasteiger partial charge in [0.05, 0.1) is 0 Å². The fourth-order valence-electron chi connectivity index (χ4n) is 0.938. The van der Waals surface area contributed by atoms with Crippen molar-refractivity contribution in [2.24, 2.45) is 7.05 Å². The van der Waals surface area contributed by atoms with Crippen molar-refractivity contribution in [1.82, 2.24) is 9.78 Å². The van der Waals surface area contributed by atoms with E-state index in [0.717, 1.165) is 0 Å². The molecule has 57 valence electrons. The molecule has 0 unspecified atom stereocenters. The predicted octanol–water partition coefficient (Wildman–Crippen LogP) is -0.562. The molecule has 0 saturated carbocycles. The molecule has 1 heterocycles. The monoisotopic (exact) mass is 157 g/mol. The molecule has 3 nitrogen and oxygen atoms in total. The molecule has 1 rings (SSSR count). The SMILES string of the molecule is [B]C(=[B])c1cc(C(C)=O)n(C)n1. The summed E-state index contributed by atoms with van der Waals surface area (Å²) in [7, 11) is 12.3. The molecule has 0 atom stereocenters. The first-order chi connectivity index (χ1) is 5.52. The summed E-state index contributed by atoms with van der Waals surface area (Å²) in [6.07, 6.45) is 0. The van der Waals surface area contributed by atoms with E-state index in [4.69, 9.17) is 15.3 Å². The van der Waals surface area contributed by atoms with Crippen LogP contribution in [0.3, 0.4) is 0 Å². The van der Waals surface area contributed by atoms with Crippen LogP contribution in [-0.4, -0.2) is 36.3 Å². The van der Waals surface area contributed by atoms with Gasteiger partial charge < -0.3 is 0 Å².